The van der Waals surface area contributed by atoms with Crippen LogP contribution in [0.3, 0.4) is 0 Å². The lowest BCUT2D eigenvalue weighted by Crippen LogP contribution is -2.27. The molecule has 5 nitrogen and oxygen atoms in total. The van der Waals surface area contributed by atoms with Crippen LogP contribution in [0.1, 0.15) is 29.0 Å². The zero-order valence-electron chi connectivity index (χ0n) is 15.1. The number of amides is 1. The van der Waals surface area contributed by atoms with Gasteiger partial charge in [0.05, 0.1) is 17.7 Å². The van der Waals surface area contributed by atoms with Crippen LogP contribution in [-0.2, 0) is 0 Å². The third-order valence-electron chi connectivity index (χ3n) is 4.44. The molecule has 0 spiro atoms. The van der Waals surface area contributed by atoms with Gasteiger partial charge in [-0.2, -0.15) is 0 Å². The molecule has 2 N–H and O–H groups in total. The van der Waals surface area contributed by atoms with Gasteiger partial charge in [-0.05, 0) is 42.8 Å². The minimum absolute atomic E-state index is 0.143. The van der Waals surface area contributed by atoms with Gasteiger partial charge < -0.3 is 15.1 Å². The second-order valence-electron chi connectivity index (χ2n) is 6.43. The molecule has 2 aromatic heterocycles. The van der Waals surface area contributed by atoms with Crippen molar-refractivity contribution in [1.82, 2.24) is 10.3 Å². The van der Waals surface area contributed by atoms with Crippen molar-refractivity contribution in [2.24, 2.45) is 0 Å². The molecule has 140 valence electrons. The van der Waals surface area contributed by atoms with E-state index in [9.17, 15) is 4.79 Å². The molecule has 0 saturated carbocycles. The highest BCUT2D eigenvalue weighted by Gasteiger charge is 2.17. The summed E-state index contributed by atoms with van der Waals surface area (Å²) in [6.45, 7) is 1.94. The zero-order chi connectivity index (χ0) is 19.5. The highest BCUT2D eigenvalue weighted by molar-refractivity contribution is 6.30. The maximum atomic E-state index is 12.8. The SMILES string of the molecule is CC(NC(=O)c1cc2occc2c(Nc2ccc(Cl)cc2)n1)c1ccccc1. The van der Waals surface area contributed by atoms with Crippen LogP contribution in [0, 0.1) is 0 Å². The molecule has 1 unspecified atom stereocenters. The second-order valence-corrected chi connectivity index (χ2v) is 6.86. The number of fused-ring (bicyclic) bond motifs is 1. The Balaban J connectivity index is 1.62. The average Bonchev–Trinajstić information content (AvgIpc) is 3.19. The standard InChI is InChI=1S/C22H18ClN3O2/c1-14(15-5-3-2-4-6-15)24-22(27)19-13-20-18(11-12-28-20)21(26-19)25-17-9-7-16(23)8-10-17/h2-14H,1H3,(H,24,27)(H,25,26). The molecule has 4 rings (SSSR count). The summed E-state index contributed by atoms with van der Waals surface area (Å²) in [7, 11) is 0. The molecular weight excluding hydrogens is 374 g/mol. The van der Waals surface area contributed by atoms with Crippen LogP contribution in [0.5, 0.6) is 0 Å². The van der Waals surface area contributed by atoms with Gasteiger partial charge in [-0.1, -0.05) is 41.9 Å². The molecule has 0 aliphatic carbocycles. The van der Waals surface area contributed by atoms with Gasteiger partial charge in [-0.3, -0.25) is 4.79 Å². The predicted octanol–water partition coefficient (Wildman–Crippen LogP) is 5.72. The first-order valence-electron chi connectivity index (χ1n) is 8.87. The topological polar surface area (TPSA) is 67.2 Å². The Labute approximate surface area is 167 Å². The molecule has 4 aromatic rings. The number of furan rings is 1. The maximum Gasteiger partial charge on any atom is 0.270 e. The number of anilines is 2. The lowest BCUT2D eigenvalue weighted by molar-refractivity contribution is 0.0935. The van der Waals surface area contributed by atoms with Crippen molar-refractivity contribution in [2.75, 3.05) is 5.32 Å². The lowest BCUT2D eigenvalue weighted by Gasteiger charge is -2.15. The fourth-order valence-corrected chi connectivity index (χ4v) is 3.07. The van der Waals surface area contributed by atoms with Gasteiger partial charge >= 0.3 is 0 Å². The molecule has 2 heterocycles. The zero-order valence-corrected chi connectivity index (χ0v) is 15.9. The van der Waals surface area contributed by atoms with Crippen LogP contribution in [0.15, 0.2) is 77.4 Å². The summed E-state index contributed by atoms with van der Waals surface area (Å²) in [5.41, 5.74) is 2.70. The molecule has 0 fully saturated rings. The number of nitrogens with one attached hydrogen (secondary N) is 2. The van der Waals surface area contributed by atoms with Gasteiger partial charge in [-0.15, -0.1) is 0 Å². The Bertz CT molecular complexity index is 1110. The Morgan fingerprint density at radius 2 is 1.82 bits per heavy atom. The van der Waals surface area contributed by atoms with Gasteiger partial charge in [0.15, 0.2) is 0 Å². The van der Waals surface area contributed by atoms with Gasteiger partial charge in [0.25, 0.3) is 5.91 Å². The third kappa shape index (κ3) is 3.85. The van der Waals surface area contributed by atoms with Gasteiger partial charge in [-0.25, -0.2) is 4.98 Å². The third-order valence-corrected chi connectivity index (χ3v) is 4.69. The van der Waals surface area contributed by atoms with E-state index in [-0.39, 0.29) is 17.6 Å². The van der Waals surface area contributed by atoms with E-state index in [1.165, 1.54) is 0 Å². The summed E-state index contributed by atoms with van der Waals surface area (Å²) >= 11 is 5.95. The molecule has 2 aromatic carbocycles. The molecule has 28 heavy (non-hydrogen) atoms. The molecule has 0 aliphatic heterocycles. The highest BCUT2D eigenvalue weighted by Crippen LogP contribution is 2.27. The largest absolute Gasteiger partial charge is 0.464 e. The summed E-state index contributed by atoms with van der Waals surface area (Å²) in [5, 5.41) is 7.65. The summed E-state index contributed by atoms with van der Waals surface area (Å²) < 4.78 is 5.51. The number of pyridine rings is 1. The van der Waals surface area contributed by atoms with E-state index in [2.05, 4.69) is 15.6 Å². The molecule has 1 amide bonds. The van der Waals surface area contributed by atoms with Crippen LogP contribution in [0.4, 0.5) is 11.5 Å². The summed E-state index contributed by atoms with van der Waals surface area (Å²) in [6.07, 6.45) is 1.58. The van der Waals surface area contributed by atoms with Crippen molar-refractivity contribution in [3.05, 3.63) is 89.3 Å². The Hall–Kier alpha value is -3.31. The van der Waals surface area contributed by atoms with E-state index in [1.54, 1.807) is 24.5 Å². The van der Waals surface area contributed by atoms with Crippen LogP contribution < -0.4 is 10.6 Å². The Morgan fingerprint density at radius 3 is 2.57 bits per heavy atom. The quantitative estimate of drug-likeness (QED) is 0.457. The fraction of sp³-hybridized carbons (Fsp3) is 0.0909. The number of halogens is 1. The minimum Gasteiger partial charge on any atom is -0.464 e. The number of nitrogens with zero attached hydrogens (tertiary/aromatic N) is 1. The van der Waals surface area contributed by atoms with E-state index >= 15 is 0 Å². The van der Waals surface area contributed by atoms with E-state index in [0.29, 0.717) is 16.4 Å². The average molecular weight is 392 g/mol. The van der Waals surface area contributed by atoms with Gasteiger partial charge in [0.1, 0.15) is 17.1 Å². The van der Waals surface area contributed by atoms with Crippen molar-refractivity contribution in [2.45, 2.75) is 13.0 Å². The van der Waals surface area contributed by atoms with Crippen molar-refractivity contribution >= 4 is 40.0 Å². The first-order chi connectivity index (χ1) is 13.6. The van der Waals surface area contributed by atoms with Crippen LogP contribution in [0.25, 0.3) is 11.0 Å². The van der Waals surface area contributed by atoms with E-state index < -0.39 is 0 Å². The molecule has 0 saturated heterocycles. The highest BCUT2D eigenvalue weighted by atomic mass is 35.5. The summed E-state index contributed by atoms with van der Waals surface area (Å²) in [6, 6.07) is 20.4. The molecule has 0 aliphatic rings. The van der Waals surface area contributed by atoms with E-state index in [1.807, 2.05) is 55.5 Å². The molecule has 0 radical (unpaired) electrons. The Morgan fingerprint density at radius 1 is 1.07 bits per heavy atom. The molecular formula is C22H18ClN3O2. The van der Waals surface area contributed by atoms with Crippen LogP contribution >= 0.6 is 11.6 Å². The van der Waals surface area contributed by atoms with Gasteiger partial charge in [0.2, 0.25) is 0 Å². The lowest BCUT2D eigenvalue weighted by atomic mass is 10.1. The number of hydrogen-bond donors (Lipinski definition) is 2. The number of benzene rings is 2. The Kier molecular flexibility index (Phi) is 5.00. The van der Waals surface area contributed by atoms with Crippen LogP contribution in [0.2, 0.25) is 5.02 Å². The van der Waals surface area contributed by atoms with Crippen molar-refractivity contribution in [3.63, 3.8) is 0 Å². The first kappa shape index (κ1) is 18.1. The second kappa shape index (κ2) is 7.74. The smallest absolute Gasteiger partial charge is 0.270 e. The van der Waals surface area contributed by atoms with Crippen molar-refractivity contribution in [3.8, 4) is 0 Å². The fourth-order valence-electron chi connectivity index (χ4n) is 2.94. The normalized spacial score (nSPS) is 11.9. The number of carbonyl (C=O) groups is 1. The molecule has 6 heteroatoms. The van der Waals surface area contributed by atoms with Crippen molar-refractivity contribution in [1.29, 1.82) is 0 Å². The minimum atomic E-state index is -0.270. The van der Waals surface area contributed by atoms with Crippen LogP contribution in [-0.4, -0.2) is 10.9 Å². The summed E-state index contributed by atoms with van der Waals surface area (Å²) in [4.78, 5) is 17.3. The predicted molar refractivity (Wildman–Crippen MR) is 111 cm³/mol. The van der Waals surface area contributed by atoms with Crippen molar-refractivity contribution < 1.29 is 9.21 Å². The number of hydrogen-bond acceptors (Lipinski definition) is 4. The van der Waals surface area contributed by atoms with E-state index in [4.69, 9.17) is 16.0 Å². The monoisotopic (exact) mass is 391 g/mol. The van der Waals surface area contributed by atoms with Gasteiger partial charge in [0, 0.05) is 16.8 Å². The van der Waals surface area contributed by atoms with E-state index in [0.717, 1.165) is 16.6 Å². The molecule has 0 bridgehead atoms. The number of carbonyl (C=O) groups excluding carboxylic acids is 1. The number of rotatable bonds is 5. The first-order valence-corrected chi connectivity index (χ1v) is 9.24. The maximum absolute atomic E-state index is 12.8. The molecule has 1 atom stereocenters. The summed E-state index contributed by atoms with van der Waals surface area (Å²) in [5.74, 6) is 0.278. The number of aromatic nitrogens is 1.